The first-order valence-electron chi connectivity index (χ1n) is 9.70. The zero-order chi connectivity index (χ0) is 21.3. The van der Waals surface area contributed by atoms with Crippen molar-refractivity contribution in [3.63, 3.8) is 0 Å². The highest BCUT2D eigenvalue weighted by Gasteiger charge is 2.35. The topological polar surface area (TPSA) is 84.9 Å². The van der Waals surface area contributed by atoms with Crippen molar-refractivity contribution >= 4 is 17.8 Å². The highest BCUT2D eigenvalue weighted by molar-refractivity contribution is 5.99. The van der Waals surface area contributed by atoms with Crippen LogP contribution in [0.25, 0.3) is 0 Å². The quantitative estimate of drug-likeness (QED) is 0.535. The smallest absolute Gasteiger partial charge is 0.308 e. The van der Waals surface area contributed by atoms with Crippen LogP contribution in [0.4, 0.5) is 0 Å². The molecule has 0 radical (unpaired) electrons. The third-order valence-corrected chi connectivity index (χ3v) is 4.66. The lowest BCUT2D eigenvalue weighted by atomic mass is 10.1. The molecule has 1 N–H and O–H groups in total. The van der Waals surface area contributed by atoms with Gasteiger partial charge in [0.25, 0.3) is 5.91 Å². The maximum atomic E-state index is 13.0. The van der Waals surface area contributed by atoms with Gasteiger partial charge in [-0.15, -0.1) is 0 Å². The Kier molecular flexibility index (Phi) is 7.21. The van der Waals surface area contributed by atoms with Crippen molar-refractivity contribution in [1.82, 2.24) is 10.2 Å². The van der Waals surface area contributed by atoms with E-state index in [1.54, 1.807) is 30.3 Å². The number of benzene rings is 2. The van der Waals surface area contributed by atoms with Crippen LogP contribution in [0, 0.1) is 0 Å². The van der Waals surface area contributed by atoms with Gasteiger partial charge in [-0.25, -0.2) is 0 Å². The summed E-state index contributed by atoms with van der Waals surface area (Å²) in [5.74, 6) is -0.603. The molecule has 2 aromatic carbocycles. The zero-order valence-electron chi connectivity index (χ0n) is 16.6. The Balaban J connectivity index is 1.64. The van der Waals surface area contributed by atoms with E-state index in [4.69, 9.17) is 9.47 Å². The molecule has 3 rings (SSSR count). The van der Waals surface area contributed by atoms with Crippen molar-refractivity contribution in [3.05, 3.63) is 78.4 Å². The zero-order valence-corrected chi connectivity index (χ0v) is 16.6. The summed E-state index contributed by atoms with van der Waals surface area (Å²) >= 11 is 0. The van der Waals surface area contributed by atoms with Crippen LogP contribution in [0.15, 0.2) is 67.3 Å². The number of amides is 2. The van der Waals surface area contributed by atoms with Crippen LogP contribution in [-0.2, 0) is 20.9 Å². The van der Waals surface area contributed by atoms with Crippen molar-refractivity contribution in [3.8, 4) is 5.75 Å². The standard InChI is InChI=1S/C23H24N2O5/c1-2-14-29-19-10-8-18(9-11-19)23(28)25-13-12-24-22(27)20(25)15-21(26)30-16-17-6-4-3-5-7-17/h2-11,20H,1,12-16H2,(H,24,27)/t20-/m1/s1. The lowest BCUT2D eigenvalue weighted by Gasteiger charge is -2.34. The Morgan fingerprint density at radius 2 is 1.87 bits per heavy atom. The van der Waals surface area contributed by atoms with Crippen molar-refractivity contribution in [2.45, 2.75) is 19.1 Å². The van der Waals surface area contributed by atoms with E-state index in [0.717, 1.165) is 5.56 Å². The summed E-state index contributed by atoms with van der Waals surface area (Å²) in [7, 11) is 0. The second kappa shape index (κ2) is 10.2. The van der Waals surface area contributed by atoms with Crippen molar-refractivity contribution in [1.29, 1.82) is 0 Å². The molecule has 1 atom stereocenters. The average molecular weight is 408 g/mol. The number of rotatable bonds is 8. The Morgan fingerprint density at radius 1 is 1.13 bits per heavy atom. The van der Waals surface area contributed by atoms with E-state index in [2.05, 4.69) is 11.9 Å². The van der Waals surface area contributed by atoms with E-state index >= 15 is 0 Å². The molecule has 0 bridgehead atoms. The fourth-order valence-electron chi connectivity index (χ4n) is 3.13. The number of carbonyl (C=O) groups is 3. The number of nitrogens with zero attached hydrogens (tertiary/aromatic N) is 1. The summed E-state index contributed by atoms with van der Waals surface area (Å²) < 4.78 is 10.7. The van der Waals surface area contributed by atoms with Gasteiger partial charge in [-0.1, -0.05) is 43.0 Å². The summed E-state index contributed by atoms with van der Waals surface area (Å²) in [6.07, 6.45) is 1.43. The van der Waals surface area contributed by atoms with E-state index in [9.17, 15) is 14.4 Å². The first kappa shape index (κ1) is 21.1. The largest absolute Gasteiger partial charge is 0.490 e. The molecule has 1 fully saturated rings. The molecule has 1 heterocycles. The molecule has 0 saturated carbocycles. The fraction of sp³-hybridized carbons (Fsp3) is 0.261. The van der Waals surface area contributed by atoms with Gasteiger partial charge in [0.2, 0.25) is 5.91 Å². The van der Waals surface area contributed by atoms with Gasteiger partial charge in [-0.2, -0.15) is 0 Å². The summed E-state index contributed by atoms with van der Waals surface area (Å²) in [5.41, 5.74) is 1.27. The number of ether oxygens (including phenoxy) is 2. The second-order valence-corrected chi connectivity index (χ2v) is 6.78. The first-order chi connectivity index (χ1) is 14.6. The number of esters is 1. The molecule has 0 aliphatic carbocycles. The third kappa shape index (κ3) is 5.47. The van der Waals surface area contributed by atoms with E-state index in [-0.39, 0.29) is 24.8 Å². The lowest BCUT2D eigenvalue weighted by molar-refractivity contribution is -0.148. The molecule has 0 spiro atoms. The van der Waals surface area contributed by atoms with Crippen LogP contribution in [0.1, 0.15) is 22.3 Å². The van der Waals surface area contributed by atoms with Gasteiger partial charge in [0.05, 0.1) is 6.42 Å². The fourth-order valence-corrected chi connectivity index (χ4v) is 3.13. The molecular weight excluding hydrogens is 384 g/mol. The molecule has 7 heteroatoms. The van der Waals surface area contributed by atoms with Gasteiger partial charge < -0.3 is 19.7 Å². The van der Waals surface area contributed by atoms with Crippen LogP contribution in [0.2, 0.25) is 0 Å². The number of hydrogen-bond donors (Lipinski definition) is 1. The predicted molar refractivity (Wildman–Crippen MR) is 111 cm³/mol. The molecule has 0 aromatic heterocycles. The maximum absolute atomic E-state index is 13.0. The molecule has 0 unspecified atom stereocenters. The highest BCUT2D eigenvalue weighted by atomic mass is 16.5. The van der Waals surface area contributed by atoms with Gasteiger partial charge in [-0.05, 0) is 29.8 Å². The third-order valence-electron chi connectivity index (χ3n) is 4.66. The van der Waals surface area contributed by atoms with E-state index < -0.39 is 12.0 Å². The molecule has 1 aliphatic heterocycles. The van der Waals surface area contributed by atoms with Crippen LogP contribution >= 0.6 is 0 Å². The molecule has 2 aromatic rings. The lowest BCUT2D eigenvalue weighted by Crippen LogP contribution is -2.57. The van der Waals surface area contributed by atoms with Crippen LogP contribution in [0.3, 0.4) is 0 Å². The maximum Gasteiger partial charge on any atom is 0.308 e. The number of nitrogens with one attached hydrogen (secondary N) is 1. The predicted octanol–water partition coefficient (Wildman–Crippen LogP) is 2.33. The molecule has 30 heavy (non-hydrogen) atoms. The molecule has 2 amide bonds. The molecule has 156 valence electrons. The van der Waals surface area contributed by atoms with Gasteiger partial charge >= 0.3 is 5.97 Å². The Labute approximate surface area is 175 Å². The van der Waals surface area contributed by atoms with Crippen LogP contribution in [-0.4, -0.2) is 48.4 Å². The van der Waals surface area contributed by atoms with Crippen molar-refractivity contribution in [2.24, 2.45) is 0 Å². The van der Waals surface area contributed by atoms with Crippen LogP contribution < -0.4 is 10.1 Å². The van der Waals surface area contributed by atoms with Gasteiger partial charge in [0, 0.05) is 18.7 Å². The molecule has 7 nitrogen and oxygen atoms in total. The molecular formula is C23H24N2O5. The van der Waals surface area contributed by atoms with Crippen molar-refractivity contribution in [2.75, 3.05) is 19.7 Å². The minimum Gasteiger partial charge on any atom is -0.490 e. The SMILES string of the molecule is C=CCOc1ccc(C(=O)N2CCNC(=O)[C@H]2CC(=O)OCc2ccccc2)cc1. The highest BCUT2D eigenvalue weighted by Crippen LogP contribution is 2.18. The Hall–Kier alpha value is -3.61. The summed E-state index contributed by atoms with van der Waals surface area (Å²) in [6.45, 7) is 4.73. The van der Waals surface area contributed by atoms with E-state index in [0.29, 0.717) is 31.0 Å². The van der Waals surface area contributed by atoms with Gasteiger partial charge in [0.1, 0.15) is 25.0 Å². The van der Waals surface area contributed by atoms with Crippen molar-refractivity contribution < 1.29 is 23.9 Å². The minimum atomic E-state index is -0.911. The summed E-state index contributed by atoms with van der Waals surface area (Å²) in [5, 5.41) is 2.71. The number of hydrogen-bond acceptors (Lipinski definition) is 5. The Morgan fingerprint density at radius 3 is 2.57 bits per heavy atom. The first-order valence-corrected chi connectivity index (χ1v) is 9.70. The number of piperazine rings is 1. The summed E-state index contributed by atoms with van der Waals surface area (Å²) in [4.78, 5) is 39.1. The van der Waals surface area contributed by atoms with E-state index in [1.807, 2.05) is 30.3 Å². The number of carbonyl (C=O) groups excluding carboxylic acids is 3. The van der Waals surface area contributed by atoms with E-state index in [1.165, 1.54) is 4.90 Å². The monoisotopic (exact) mass is 408 g/mol. The summed E-state index contributed by atoms with van der Waals surface area (Å²) in [6, 6.07) is 15.0. The molecule has 1 saturated heterocycles. The minimum absolute atomic E-state index is 0.119. The van der Waals surface area contributed by atoms with Crippen LogP contribution in [0.5, 0.6) is 5.75 Å². The Bertz CT molecular complexity index is 896. The molecule has 1 aliphatic rings. The van der Waals surface area contributed by atoms with Gasteiger partial charge in [-0.3, -0.25) is 14.4 Å². The second-order valence-electron chi connectivity index (χ2n) is 6.78. The average Bonchev–Trinajstić information content (AvgIpc) is 2.78. The normalized spacial score (nSPS) is 15.8. The van der Waals surface area contributed by atoms with Gasteiger partial charge in [0.15, 0.2) is 0 Å².